The van der Waals surface area contributed by atoms with Crippen molar-refractivity contribution in [2.45, 2.75) is 39.7 Å². The predicted molar refractivity (Wildman–Crippen MR) is 157 cm³/mol. The fraction of sp³-hybridized carbons (Fsp3) is 0.345. The number of pyridine rings is 1. The molecule has 0 unspecified atom stereocenters. The number of hydrogen-bond donors (Lipinski definition) is 4. The summed E-state index contributed by atoms with van der Waals surface area (Å²) < 4.78 is 1.72. The third-order valence-electron chi connectivity index (χ3n) is 6.35. The van der Waals surface area contributed by atoms with Crippen molar-refractivity contribution < 1.29 is 9.90 Å². The third kappa shape index (κ3) is 6.99. The molecule has 0 spiro atoms. The van der Waals surface area contributed by atoms with Gasteiger partial charge in [0.25, 0.3) is 5.91 Å². The Labute approximate surface area is 234 Å². The fourth-order valence-electron chi connectivity index (χ4n) is 4.05. The molecule has 210 valence electrons. The largest absolute Gasteiger partial charge is 0.395 e. The molecule has 0 saturated heterocycles. The number of nitrogens with one attached hydrogen (secondary N) is 3. The highest BCUT2D eigenvalue weighted by atomic mass is 16.3. The van der Waals surface area contributed by atoms with E-state index in [0.717, 1.165) is 22.6 Å². The van der Waals surface area contributed by atoms with Gasteiger partial charge in [0.05, 0.1) is 12.3 Å². The summed E-state index contributed by atoms with van der Waals surface area (Å²) in [6.07, 6.45) is 3.15. The summed E-state index contributed by atoms with van der Waals surface area (Å²) in [6, 6.07) is 13.0. The Morgan fingerprint density at radius 1 is 1.07 bits per heavy atom. The van der Waals surface area contributed by atoms with E-state index in [1.54, 1.807) is 24.0 Å². The van der Waals surface area contributed by atoms with Gasteiger partial charge in [-0.05, 0) is 43.8 Å². The molecule has 40 heavy (non-hydrogen) atoms. The van der Waals surface area contributed by atoms with Gasteiger partial charge < -0.3 is 21.1 Å². The lowest BCUT2D eigenvalue weighted by atomic mass is 9.91. The van der Waals surface area contributed by atoms with Crippen molar-refractivity contribution in [1.29, 1.82) is 0 Å². The van der Waals surface area contributed by atoms with Crippen molar-refractivity contribution in [3.05, 3.63) is 77.5 Å². The molecule has 0 fully saturated rings. The van der Waals surface area contributed by atoms with E-state index in [9.17, 15) is 9.90 Å². The molecule has 0 saturated carbocycles. The molecule has 4 rings (SSSR count). The van der Waals surface area contributed by atoms with E-state index >= 15 is 0 Å². The number of benzene rings is 1. The minimum absolute atomic E-state index is 0.0640. The molecule has 11 nitrogen and oxygen atoms in total. The highest BCUT2D eigenvalue weighted by molar-refractivity contribution is 6.04. The molecule has 4 N–H and O–H groups in total. The standard InChI is InChI=1S/C29H37N9O2/c1-19-7-8-21(34-28(40)20-9-10-31-24(13-20)29(2,3)4)14-23(19)35-27-15-22(17-37(6)11-12-39)36-38(27)26-16-25(30-5)32-18-33-26/h7-10,13-16,18,35,39H,11-12,17H2,1-6H3,(H,34,40)(H,30,32,33). The lowest BCUT2D eigenvalue weighted by molar-refractivity contribution is 0.102. The Hall–Kier alpha value is -4.35. The first-order chi connectivity index (χ1) is 19.1. The number of aliphatic hydroxyl groups excluding tert-OH is 1. The topological polar surface area (TPSA) is 133 Å². The van der Waals surface area contributed by atoms with Crippen LogP contribution in [0.15, 0.2) is 55.0 Å². The summed E-state index contributed by atoms with van der Waals surface area (Å²) in [5.41, 5.74) is 4.49. The second-order valence-electron chi connectivity index (χ2n) is 10.7. The molecule has 0 aliphatic rings. The lowest BCUT2D eigenvalue weighted by Crippen LogP contribution is -2.21. The number of amides is 1. The summed E-state index contributed by atoms with van der Waals surface area (Å²) in [4.78, 5) is 28.1. The van der Waals surface area contributed by atoms with E-state index < -0.39 is 0 Å². The zero-order valence-corrected chi connectivity index (χ0v) is 23.9. The molecule has 0 radical (unpaired) electrons. The molecule has 1 amide bonds. The second kappa shape index (κ2) is 12.2. The van der Waals surface area contributed by atoms with Gasteiger partial charge in [-0.2, -0.15) is 9.78 Å². The average molecular weight is 544 g/mol. The van der Waals surface area contributed by atoms with E-state index in [-0.39, 0.29) is 17.9 Å². The number of aromatic nitrogens is 5. The molecule has 0 aliphatic heterocycles. The van der Waals surface area contributed by atoms with Gasteiger partial charge in [-0.1, -0.05) is 26.8 Å². The van der Waals surface area contributed by atoms with E-state index in [2.05, 4.69) is 51.7 Å². The van der Waals surface area contributed by atoms with Crippen molar-refractivity contribution in [1.82, 2.24) is 29.6 Å². The third-order valence-corrected chi connectivity index (χ3v) is 6.35. The minimum Gasteiger partial charge on any atom is -0.395 e. The zero-order chi connectivity index (χ0) is 28.9. The number of hydrogen-bond acceptors (Lipinski definition) is 9. The lowest BCUT2D eigenvalue weighted by Gasteiger charge is -2.18. The van der Waals surface area contributed by atoms with Gasteiger partial charge in [0.15, 0.2) is 5.82 Å². The smallest absolute Gasteiger partial charge is 0.255 e. The van der Waals surface area contributed by atoms with Crippen molar-refractivity contribution in [3.8, 4) is 5.82 Å². The Kier molecular flexibility index (Phi) is 8.76. The van der Waals surface area contributed by atoms with E-state index in [1.165, 1.54) is 6.33 Å². The summed E-state index contributed by atoms with van der Waals surface area (Å²) in [5.74, 6) is 1.75. The normalized spacial score (nSPS) is 11.5. The first-order valence-corrected chi connectivity index (χ1v) is 13.1. The molecule has 3 aromatic heterocycles. The quantitative estimate of drug-likeness (QED) is 0.233. The number of anilines is 4. The summed E-state index contributed by atoms with van der Waals surface area (Å²) >= 11 is 0. The first kappa shape index (κ1) is 28.7. The summed E-state index contributed by atoms with van der Waals surface area (Å²) in [5, 5.41) is 23.6. The van der Waals surface area contributed by atoms with Gasteiger partial charge in [0.2, 0.25) is 0 Å². The molecule has 11 heteroatoms. The monoisotopic (exact) mass is 543 g/mol. The molecule has 1 aromatic carbocycles. The number of carbonyl (C=O) groups excluding carboxylic acids is 1. The highest BCUT2D eigenvalue weighted by Crippen LogP contribution is 2.28. The SMILES string of the molecule is CNc1cc(-n2nc(CN(C)CCO)cc2Nc2cc(NC(=O)c3ccnc(C(C)(C)C)c3)ccc2C)ncn1. The van der Waals surface area contributed by atoms with Crippen LogP contribution in [0.25, 0.3) is 5.82 Å². The summed E-state index contributed by atoms with van der Waals surface area (Å²) in [7, 11) is 3.72. The van der Waals surface area contributed by atoms with E-state index in [4.69, 9.17) is 5.10 Å². The highest BCUT2D eigenvalue weighted by Gasteiger charge is 2.18. The molecular formula is C29H37N9O2. The van der Waals surface area contributed by atoms with Gasteiger partial charge in [0, 0.05) is 66.5 Å². The van der Waals surface area contributed by atoms with Crippen molar-refractivity contribution in [3.63, 3.8) is 0 Å². The molecule has 0 atom stereocenters. The molecule has 4 aromatic rings. The maximum atomic E-state index is 13.1. The number of aryl methyl sites for hydroxylation is 1. The van der Waals surface area contributed by atoms with Crippen molar-refractivity contribution in [2.75, 3.05) is 43.2 Å². The molecule has 3 heterocycles. The van der Waals surface area contributed by atoms with E-state index in [0.29, 0.717) is 41.8 Å². The van der Waals surface area contributed by atoms with E-state index in [1.807, 2.05) is 55.3 Å². The van der Waals surface area contributed by atoms with Crippen LogP contribution in [0.5, 0.6) is 0 Å². The van der Waals surface area contributed by atoms with Gasteiger partial charge in [-0.25, -0.2) is 9.97 Å². The molecule has 0 aliphatic carbocycles. The minimum atomic E-state index is -0.206. The zero-order valence-electron chi connectivity index (χ0n) is 23.9. The van der Waals surface area contributed by atoms with Crippen molar-refractivity contribution in [2.24, 2.45) is 0 Å². The Morgan fingerprint density at radius 2 is 1.88 bits per heavy atom. The first-order valence-electron chi connectivity index (χ1n) is 13.1. The molecule has 0 bridgehead atoms. The fourth-order valence-corrected chi connectivity index (χ4v) is 4.05. The van der Waals surface area contributed by atoms with Crippen LogP contribution in [0.2, 0.25) is 0 Å². The van der Waals surface area contributed by atoms with Crippen LogP contribution in [0.4, 0.5) is 23.0 Å². The molecular weight excluding hydrogens is 506 g/mol. The number of carbonyl (C=O) groups is 1. The Balaban J connectivity index is 1.63. The van der Waals surface area contributed by atoms with Crippen LogP contribution in [-0.2, 0) is 12.0 Å². The van der Waals surface area contributed by atoms with Gasteiger partial charge >= 0.3 is 0 Å². The number of rotatable bonds is 10. The van der Waals surface area contributed by atoms with Crippen LogP contribution >= 0.6 is 0 Å². The maximum Gasteiger partial charge on any atom is 0.255 e. The second-order valence-corrected chi connectivity index (χ2v) is 10.7. The van der Waals surface area contributed by atoms with Crippen LogP contribution in [0.1, 0.15) is 48.1 Å². The Bertz CT molecular complexity index is 1480. The number of likely N-dealkylation sites (N-methyl/N-ethyl adjacent to an activating group) is 1. The number of nitrogens with zero attached hydrogens (tertiary/aromatic N) is 6. The van der Waals surface area contributed by atoms with Crippen LogP contribution in [-0.4, -0.2) is 67.9 Å². The summed E-state index contributed by atoms with van der Waals surface area (Å²) in [6.45, 7) is 9.33. The van der Waals surface area contributed by atoms with Gasteiger partial charge in [-0.3, -0.25) is 14.7 Å². The Morgan fingerprint density at radius 3 is 2.60 bits per heavy atom. The number of aliphatic hydroxyl groups is 1. The average Bonchev–Trinajstić information content (AvgIpc) is 3.32. The van der Waals surface area contributed by atoms with Gasteiger partial charge in [-0.15, -0.1) is 0 Å². The van der Waals surface area contributed by atoms with Crippen LogP contribution < -0.4 is 16.0 Å². The van der Waals surface area contributed by atoms with Crippen LogP contribution in [0, 0.1) is 6.92 Å². The predicted octanol–water partition coefficient (Wildman–Crippen LogP) is 4.12. The van der Waals surface area contributed by atoms with Crippen molar-refractivity contribution >= 4 is 28.9 Å². The van der Waals surface area contributed by atoms with Gasteiger partial charge in [0.1, 0.15) is 18.0 Å². The van der Waals surface area contributed by atoms with Crippen LogP contribution in [0.3, 0.4) is 0 Å². The maximum absolute atomic E-state index is 13.1.